The highest BCUT2D eigenvalue weighted by molar-refractivity contribution is 7.90. The van der Waals surface area contributed by atoms with Gasteiger partial charge in [0.1, 0.15) is 11.6 Å². The van der Waals surface area contributed by atoms with Gasteiger partial charge in [0.2, 0.25) is 0 Å². The summed E-state index contributed by atoms with van der Waals surface area (Å²) in [6.07, 6.45) is 0.938. The number of allylic oxidation sites excluding steroid dienone is 2. The van der Waals surface area contributed by atoms with E-state index in [-0.39, 0.29) is 21.9 Å². The fourth-order valence-corrected chi connectivity index (χ4v) is 5.01. The number of rotatable bonds is 5. The Morgan fingerprint density at radius 2 is 1.84 bits per heavy atom. The Bertz CT molecular complexity index is 1180. The molecule has 32 heavy (non-hydrogen) atoms. The quantitative estimate of drug-likeness (QED) is 0.704. The molecule has 0 aliphatic carbocycles. The summed E-state index contributed by atoms with van der Waals surface area (Å²) in [5.41, 5.74) is 8.46. The van der Waals surface area contributed by atoms with E-state index in [1.165, 1.54) is 18.2 Å². The molecule has 172 valence electrons. The molecule has 3 rings (SSSR count). The Balaban J connectivity index is 2.07. The van der Waals surface area contributed by atoms with Crippen LogP contribution in [0.3, 0.4) is 0 Å². The molecule has 0 unspecified atom stereocenters. The van der Waals surface area contributed by atoms with Crippen molar-refractivity contribution >= 4 is 33.1 Å². The molecular weight excluding hydrogens is 426 g/mol. The van der Waals surface area contributed by atoms with Gasteiger partial charge in [0.05, 0.1) is 11.3 Å². The minimum absolute atomic E-state index is 0.0528. The Morgan fingerprint density at radius 1 is 1.16 bits per heavy atom. The number of amides is 1. The summed E-state index contributed by atoms with van der Waals surface area (Å²) in [7, 11) is -4.20. The number of nitrogens with zero attached hydrogens (tertiary/aromatic N) is 3. The molecule has 2 aromatic heterocycles. The normalized spacial score (nSPS) is 17.8. The van der Waals surface area contributed by atoms with Crippen LogP contribution in [0.4, 0.5) is 11.6 Å². The van der Waals surface area contributed by atoms with Gasteiger partial charge in [-0.05, 0) is 76.8 Å². The van der Waals surface area contributed by atoms with Crippen molar-refractivity contribution in [2.24, 2.45) is 5.92 Å². The highest BCUT2D eigenvalue weighted by Gasteiger charge is 2.39. The Morgan fingerprint density at radius 3 is 2.41 bits per heavy atom. The molecule has 1 fully saturated rings. The van der Waals surface area contributed by atoms with Crippen LogP contribution in [0.1, 0.15) is 64.0 Å². The van der Waals surface area contributed by atoms with Crippen LogP contribution >= 0.6 is 0 Å². The molecule has 0 spiro atoms. The number of anilines is 2. The summed E-state index contributed by atoms with van der Waals surface area (Å²) in [6, 6.07) is 7.63. The number of aromatic nitrogens is 2. The fourth-order valence-electron chi connectivity index (χ4n) is 4.07. The first-order valence-electron chi connectivity index (χ1n) is 10.5. The van der Waals surface area contributed by atoms with Gasteiger partial charge < -0.3 is 10.6 Å². The van der Waals surface area contributed by atoms with Crippen molar-refractivity contribution < 1.29 is 13.2 Å². The van der Waals surface area contributed by atoms with Gasteiger partial charge in [-0.15, -0.1) is 0 Å². The lowest BCUT2D eigenvalue weighted by Gasteiger charge is -2.34. The van der Waals surface area contributed by atoms with E-state index >= 15 is 0 Å². The van der Waals surface area contributed by atoms with E-state index in [2.05, 4.69) is 35.4 Å². The predicted octanol–water partition coefficient (Wildman–Crippen LogP) is 3.62. The average Bonchev–Trinajstić information content (AvgIpc) is 2.98. The number of hydrogen-bond donors (Lipinski definition) is 2. The van der Waals surface area contributed by atoms with E-state index in [4.69, 9.17) is 10.7 Å². The molecule has 3 N–H and O–H groups in total. The van der Waals surface area contributed by atoms with Gasteiger partial charge in [0.15, 0.2) is 5.03 Å². The van der Waals surface area contributed by atoms with Crippen LogP contribution in [0.5, 0.6) is 0 Å². The second kappa shape index (κ2) is 8.54. The van der Waals surface area contributed by atoms with Crippen LogP contribution in [0.15, 0.2) is 40.9 Å². The van der Waals surface area contributed by atoms with Gasteiger partial charge in [-0.3, -0.25) is 4.79 Å². The highest BCUT2D eigenvalue weighted by atomic mass is 32.2. The first kappa shape index (κ1) is 23.7. The number of carbonyl (C=O) groups is 1. The van der Waals surface area contributed by atoms with Crippen LogP contribution in [0, 0.1) is 5.92 Å². The zero-order chi connectivity index (χ0) is 23.8. The second-order valence-corrected chi connectivity index (χ2v) is 10.9. The summed E-state index contributed by atoms with van der Waals surface area (Å²) in [5.74, 6) is 0.187. The Hall–Kier alpha value is -2.94. The third-order valence-electron chi connectivity index (χ3n) is 5.83. The molecule has 3 heterocycles. The van der Waals surface area contributed by atoms with Crippen LogP contribution in [-0.2, 0) is 10.0 Å². The molecule has 1 atom stereocenters. The van der Waals surface area contributed by atoms with Crippen molar-refractivity contribution in [1.82, 2.24) is 14.7 Å². The largest absolute Gasteiger partial charge is 0.384 e. The first-order valence-corrected chi connectivity index (χ1v) is 12.0. The summed E-state index contributed by atoms with van der Waals surface area (Å²) in [6.45, 7) is 13.1. The van der Waals surface area contributed by atoms with Crippen molar-refractivity contribution in [2.45, 2.75) is 58.5 Å². The lowest BCUT2D eigenvalue weighted by atomic mass is 9.97. The predicted molar refractivity (Wildman–Crippen MR) is 127 cm³/mol. The minimum atomic E-state index is -4.20. The van der Waals surface area contributed by atoms with E-state index in [1.807, 2.05) is 20.8 Å². The lowest BCUT2D eigenvalue weighted by molar-refractivity contribution is 0.0981. The minimum Gasteiger partial charge on any atom is -0.384 e. The zero-order valence-electron chi connectivity index (χ0n) is 19.4. The maximum atomic E-state index is 13.2. The van der Waals surface area contributed by atoms with Crippen molar-refractivity contribution in [2.75, 3.05) is 17.2 Å². The number of nitrogens with one attached hydrogen (secondary N) is 1. The summed E-state index contributed by atoms with van der Waals surface area (Å²) >= 11 is 0. The van der Waals surface area contributed by atoms with Gasteiger partial charge in [0.25, 0.3) is 15.9 Å². The SMILES string of the molecule is CC(C)=C(C)c1ccc(C(=O)NS(=O)(=O)c2cccc(N)n2)c(N2C[C@@H](C)CC2(C)C)n1. The van der Waals surface area contributed by atoms with Gasteiger partial charge >= 0.3 is 0 Å². The molecule has 2 aromatic rings. The molecule has 1 aliphatic heterocycles. The van der Waals surface area contributed by atoms with Crippen LogP contribution < -0.4 is 15.4 Å². The number of pyridine rings is 2. The molecule has 1 amide bonds. The third-order valence-corrected chi connectivity index (χ3v) is 7.06. The molecule has 0 aromatic carbocycles. The van der Waals surface area contributed by atoms with Gasteiger partial charge in [0, 0.05) is 12.1 Å². The van der Waals surface area contributed by atoms with E-state index in [1.54, 1.807) is 12.1 Å². The number of nitrogens with two attached hydrogens (primary N) is 1. The third kappa shape index (κ3) is 4.77. The Kier molecular flexibility index (Phi) is 6.33. The van der Waals surface area contributed by atoms with Crippen molar-refractivity contribution in [3.05, 3.63) is 47.2 Å². The Labute approximate surface area is 190 Å². The maximum absolute atomic E-state index is 13.2. The van der Waals surface area contributed by atoms with Crippen molar-refractivity contribution in [3.8, 4) is 0 Å². The van der Waals surface area contributed by atoms with Gasteiger partial charge in [-0.25, -0.2) is 14.7 Å². The summed E-state index contributed by atoms with van der Waals surface area (Å²) in [5, 5.41) is -0.313. The molecule has 1 saturated heterocycles. The molecule has 9 heteroatoms. The van der Waals surface area contributed by atoms with Gasteiger partial charge in [-0.1, -0.05) is 18.6 Å². The van der Waals surface area contributed by atoms with Crippen LogP contribution in [-0.4, -0.2) is 36.4 Å². The van der Waals surface area contributed by atoms with E-state index in [9.17, 15) is 13.2 Å². The van der Waals surface area contributed by atoms with Crippen LogP contribution in [0.2, 0.25) is 0 Å². The molecule has 0 bridgehead atoms. The first-order chi connectivity index (χ1) is 14.8. The number of sulfonamides is 1. The zero-order valence-corrected chi connectivity index (χ0v) is 20.2. The lowest BCUT2D eigenvalue weighted by Crippen LogP contribution is -2.41. The number of carbonyl (C=O) groups excluding carboxylic acids is 1. The smallest absolute Gasteiger partial charge is 0.281 e. The number of hydrogen-bond acceptors (Lipinski definition) is 7. The summed E-state index contributed by atoms with van der Waals surface area (Å²) in [4.78, 5) is 23.9. The van der Waals surface area contributed by atoms with Gasteiger partial charge in [-0.2, -0.15) is 8.42 Å². The molecular formula is C23H31N5O3S. The summed E-state index contributed by atoms with van der Waals surface area (Å²) < 4.78 is 27.6. The standard InChI is InChI=1S/C23H31N5O3S/c1-14(2)16(4)18-11-10-17(21(25-18)28-13-15(3)12-23(28,5)6)22(29)27-32(30,31)20-9-7-8-19(24)26-20/h7-11,15H,12-13H2,1-6H3,(H2,24,26)(H,27,29)/t15-/m0/s1. The van der Waals surface area contributed by atoms with Crippen molar-refractivity contribution in [1.29, 1.82) is 0 Å². The number of nitrogen functional groups attached to an aromatic ring is 1. The second-order valence-electron chi connectivity index (χ2n) is 9.26. The molecule has 0 saturated carbocycles. The molecule has 1 aliphatic rings. The van der Waals surface area contributed by atoms with Crippen molar-refractivity contribution in [3.63, 3.8) is 0 Å². The van der Waals surface area contributed by atoms with E-state index in [0.29, 0.717) is 11.7 Å². The maximum Gasteiger partial charge on any atom is 0.281 e. The molecule has 8 nitrogen and oxygen atoms in total. The highest BCUT2D eigenvalue weighted by Crippen LogP contribution is 2.38. The van der Waals surface area contributed by atoms with Crippen LogP contribution in [0.25, 0.3) is 5.57 Å². The van der Waals surface area contributed by atoms with E-state index in [0.717, 1.165) is 29.8 Å². The van der Waals surface area contributed by atoms with E-state index < -0.39 is 15.9 Å². The monoisotopic (exact) mass is 457 g/mol. The topological polar surface area (TPSA) is 118 Å². The molecule has 0 radical (unpaired) electrons. The average molecular weight is 458 g/mol. The fraction of sp³-hybridized carbons (Fsp3) is 0.435.